The number of nitriles is 1. The van der Waals surface area contributed by atoms with Crippen LogP contribution in [0.4, 0.5) is 11.6 Å². The first-order chi connectivity index (χ1) is 15.2. The van der Waals surface area contributed by atoms with Gasteiger partial charge in [-0.25, -0.2) is 24.7 Å². The van der Waals surface area contributed by atoms with Crippen LogP contribution in [-0.2, 0) is 13.0 Å². The number of nitrogens with zero attached hydrogens (tertiary/aromatic N) is 5. The molecule has 0 saturated heterocycles. The first-order valence-corrected chi connectivity index (χ1v) is 9.90. The number of rotatable bonds is 8. The number of carbonyl (C=O) groups is 1. The van der Waals surface area contributed by atoms with Crippen molar-refractivity contribution in [3.8, 4) is 17.3 Å². The van der Waals surface area contributed by atoms with E-state index in [2.05, 4.69) is 25.3 Å². The average molecular weight is 432 g/mol. The van der Waals surface area contributed by atoms with Crippen molar-refractivity contribution in [1.29, 1.82) is 5.26 Å². The second kappa shape index (κ2) is 9.36. The van der Waals surface area contributed by atoms with Gasteiger partial charge in [0.15, 0.2) is 17.2 Å². The third-order valence-corrected chi connectivity index (χ3v) is 4.68. The molecule has 32 heavy (non-hydrogen) atoms. The van der Waals surface area contributed by atoms with Crippen LogP contribution in [0.15, 0.2) is 36.7 Å². The van der Waals surface area contributed by atoms with Crippen LogP contribution in [0, 0.1) is 11.3 Å². The second-order valence-electron chi connectivity index (χ2n) is 8.00. The van der Waals surface area contributed by atoms with Crippen molar-refractivity contribution in [3.05, 3.63) is 59.3 Å². The molecule has 2 heterocycles. The molecule has 3 rings (SSSR count). The molecule has 0 saturated carbocycles. The minimum absolute atomic E-state index is 0.0590. The third kappa shape index (κ3) is 5.74. The molecule has 10 nitrogen and oxygen atoms in total. The SMILES string of the molecule is CC(C)(N)CCc1nc(-c2ccc(CNc3ncc(C#N)nc3C(=O)O)cc2)cnc1N. The smallest absolute Gasteiger partial charge is 0.358 e. The maximum atomic E-state index is 11.4. The van der Waals surface area contributed by atoms with Crippen LogP contribution in [0.2, 0.25) is 0 Å². The Morgan fingerprint density at radius 3 is 2.53 bits per heavy atom. The fourth-order valence-electron chi connectivity index (χ4n) is 2.90. The van der Waals surface area contributed by atoms with Gasteiger partial charge < -0.3 is 21.9 Å². The lowest BCUT2D eigenvalue weighted by Crippen LogP contribution is -2.32. The molecule has 1 aromatic carbocycles. The van der Waals surface area contributed by atoms with Crippen LogP contribution in [0.25, 0.3) is 11.3 Å². The van der Waals surface area contributed by atoms with Crippen molar-refractivity contribution in [1.82, 2.24) is 19.9 Å². The van der Waals surface area contributed by atoms with Crippen LogP contribution in [-0.4, -0.2) is 36.6 Å². The Labute approximate surface area is 185 Å². The monoisotopic (exact) mass is 432 g/mol. The fraction of sp³-hybridized carbons (Fsp3) is 0.273. The van der Waals surface area contributed by atoms with E-state index in [4.69, 9.17) is 16.7 Å². The minimum atomic E-state index is -1.26. The van der Waals surface area contributed by atoms with Gasteiger partial charge >= 0.3 is 5.97 Å². The number of aromatic nitrogens is 4. The van der Waals surface area contributed by atoms with Crippen LogP contribution < -0.4 is 16.8 Å². The Kier molecular flexibility index (Phi) is 6.61. The van der Waals surface area contributed by atoms with Crippen molar-refractivity contribution < 1.29 is 9.90 Å². The van der Waals surface area contributed by atoms with E-state index in [1.54, 1.807) is 12.3 Å². The highest BCUT2D eigenvalue weighted by molar-refractivity contribution is 5.90. The summed E-state index contributed by atoms with van der Waals surface area (Å²) in [6.07, 6.45) is 4.22. The summed E-state index contributed by atoms with van der Waals surface area (Å²) in [6, 6.07) is 9.36. The van der Waals surface area contributed by atoms with Crippen molar-refractivity contribution in [2.75, 3.05) is 11.1 Å². The normalized spacial score (nSPS) is 11.1. The zero-order valence-corrected chi connectivity index (χ0v) is 17.8. The number of carboxylic acids is 1. The van der Waals surface area contributed by atoms with Gasteiger partial charge in [-0.15, -0.1) is 0 Å². The summed E-state index contributed by atoms with van der Waals surface area (Å²) < 4.78 is 0. The molecular formula is C22H24N8O2. The highest BCUT2D eigenvalue weighted by atomic mass is 16.4. The number of nitrogens with two attached hydrogens (primary N) is 2. The first-order valence-electron chi connectivity index (χ1n) is 9.90. The molecule has 2 aromatic heterocycles. The highest BCUT2D eigenvalue weighted by Crippen LogP contribution is 2.21. The molecule has 0 fully saturated rings. The molecule has 0 unspecified atom stereocenters. The summed E-state index contributed by atoms with van der Waals surface area (Å²) in [5, 5.41) is 21.1. The second-order valence-corrected chi connectivity index (χ2v) is 8.00. The van der Waals surface area contributed by atoms with Gasteiger partial charge in [0, 0.05) is 17.6 Å². The van der Waals surface area contributed by atoms with Gasteiger partial charge in [-0.05, 0) is 32.3 Å². The number of nitrogens with one attached hydrogen (secondary N) is 1. The Morgan fingerprint density at radius 2 is 1.91 bits per heavy atom. The number of nitrogen functional groups attached to an aromatic ring is 1. The predicted molar refractivity (Wildman–Crippen MR) is 120 cm³/mol. The zero-order chi connectivity index (χ0) is 23.3. The van der Waals surface area contributed by atoms with E-state index in [0.717, 1.165) is 17.5 Å². The molecule has 6 N–H and O–H groups in total. The van der Waals surface area contributed by atoms with E-state index in [-0.39, 0.29) is 22.7 Å². The number of anilines is 2. The summed E-state index contributed by atoms with van der Waals surface area (Å²) in [7, 11) is 0. The van der Waals surface area contributed by atoms with Crippen molar-refractivity contribution in [3.63, 3.8) is 0 Å². The number of hydrogen-bond acceptors (Lipinski definition) is 9. The summed E-state index contributed by atoms with van der Waals surface area (Å²) >= 11 is 0. The van der Waals surface area contributed by atoms with E-state index in [1.165, 1.54) is 6.20 Å². The van der Waals surface area contributed by atoms with Gasteiger partial charge in [-0.3, -0.25) is 0 Å². The molecule has 0 radical (unpaired) electrons. The Morgan fingerprint density at radius 1 is 1.19 bits per heavy atom. The number of carboxylic acid groups (broad SMARTS) is 1. The summed E-state index contributed by atoms with van der Waals surface area (Å²) in [6.45, 7) is 4.23. The fourth-order valence-corrected chi connectivity index (χ4v) is 2.90. The van der Waals surface area contributed by atoms with Crippen LogP contribution in [0.5, 0.6) is 0 Å². The molecule has 0 spiro atoms. The molecule has 10 heteroatoms. The number of hydrogen-bond donors (Lipinski definition) is 4. The quantitative estimate of drug-likeness (QED) is 0.413. The van der Waals surface area contributed by atoms with Gasteiger partial charge in [0.05, 0.1) is 23.8 Å². The maximum Gasteiger partial charge on any atom is 0.358 e. The van der Waals surface area contributed by atoms with Crippen LogP contribution in [0.1, 0.15) is 47.7 Å². The number of aryl methyl sites for hydroxylation is 1. The molecule has 164 valence electrons. The minimum Gasteiger partial charge on any atom is -0.476 e. The van der Waals surface area contributed by atoms with Gasteiger partial charge in [0.25, 0.3) is 0 Å². The van der Waals surface area contributed by atoms with Gasteiger partial charge in [0.1, 0.15) is 11.9 Å². The van der Waals surface area contributed by atoms with Gasteiger partial charge in [-0.1, -0.05) is 24.3 Å². The van der Waals surface area contributed by atoms with Crippen molar-refractivity contribution in [2.24, 2.45) is 5.73 Å². The molecule has 0 aliphatic heterocycles. The maximum absolute atomic E-state index is 11.4. The average Bonchev–Trinajstić information content (AvgIpc) is 2.76. The predicted octanol–water partition coefficient (Wildman–Crippen LogP) is 2.37. The van der Waals surface area contributed by atoms with E-state index in [1.807, 2.05) is 38.1 Å². The van der Waals surface area contributed by atoms with Gasteiger partial charge in [-0.2, -0.15) is 5.26 Å². The topological polar surface area (TPSA) is 177 Å². The third-order valence-electron chi connectivity index (χ3n) is 4.68. The van der Waals surface area contributed by atoms with Crippen LogP contribution in [0.3, 0.4) is 0 Å². The largest absolute Gasteiger partial charge is 0.476 e. The highest BCUT2D eigenvalue weighted by Gasteiger charge is 2.15. The number of aromatic carboxylic acids is 1. The van der Waals surface area contributed by atoms with Crippen LogP contribution >= 0.6 is 0 Å². The molecule has 0 aliphatic carbocycles. The van der Waals surface area contributed by atoms with E-state index in [0.29, 0.717) is 30.2 Å². The Hall–Kier alpha value is -4.10. The van der Waals surface area contributed by atoms with E-state index in [9.17, 15) is 9.90 Å². The van der Waals surface area contributed by atoms with Gasteiger partial charge in [0.2, 0.25) is 0 Å². The summed E-state index contributed by atoms with van der Waals surface area (Å²) in [5.41, 5.74) is 14.5. The zero-order valence-electron chi connectivity index (χ0n) is 17.8. The van der Waals surface area contributed by atoms with Crippen molar-refractivity contribution >= 4 is 17.6 Å². The number of benzene rings is 1. The Balaban J connectivity index is 1.72. The summed E-state index contributed by atoms with van der Waals surface area (Å²) in [4.78, 5) is 28.1. The molecule has 0 bridgehead atoms. The first kappa shape index (κ1) is 22.6. The molecule has 0 aliphatic rings. The molecular weight excluding hydrogens is 408 g/mol. The lowest BCUT2D eigenvalue weighted by molar-refractivity contribution is 0.0691. The standard InChI is InChI=1S/C22H24N8O2/c1-22(2,25)8-7-16-19(24)26-12-17(30-16)14-5-3-13(4-6-14)10-27-20-18(21(31)32)29-15(9-23)11-28-20/h3-6,11-12H,7-8,10,25H2,1-2H3,(H2,24,26)(H,27,28)(H,31,32). The van der Waals surface area contributed by atoms with E-state index < -0.39 is 5.97 Å². The van der Waals surface area contributed by atoms with E-state index >= 15 is 0 Å². The molecule has 0 atom stereocenters. The summed E-state index contributed by atoms with van der Waals surface area (Å²) in [5.74, 6) is -0.766. The molecule has 0 amide bonds. The van der Waals surface area contributed by atoms with Crippen molar-refractivity contribution in [2.45, 2.75) is 38.8 Å². The molecule has 3 aromatic rings. The Bertz CT molecular complexity index is 1160. The lowest BCUT2D eigenvalue weighted by atomic mass is 9.98. The lowest BCUT2D eigenvalue weighted by Gasteiger charge is -2.18.